The predicted octanol–water partition coefficient (Wildman–Crippen LogP) is 3.02. The first-order valence-corrected chi connectivity index (χ1v) is 6.48. The van der Waals surface area contributed by atoms with Crippen molar-refractivity contribution < 1.29 is 9.47 Å². The first-order valence-electron chi connectivity index (χ1n) is 6.48. The summed E-state index contributed by atoms with van der Waals surface area (Å²) in [5, 5.41) is 0. The molecular formula is C15H21NO2. The second-order valence-electron chi connectivity index (χ2n) is 5.14. The molecule has 98 valence electrons. The quantitative estimate of drug-likeness (QED) is 0.812. The van der Waals surface area contributed by atoms with E-state index in [0.717, 1.165) is 29.9 Å². The van der Waals surface area contributed by atoms with Crippen molar-refractivity contribution in [2.75, 3.05) is 6.61 Å². The number of ether oxygens (including phenoxy) is 2. The summed E-state index contributed by atoms with van der Waals surface area (Å²) in [7, 11) is 0. The lowest BCUT2D eigenvalue weighted by Gasteiger charge is -2.22. The Morgan fingerprint density at radius 3 is 3.06 bits per heavy atom. The molecule has 0 saturated heterocycles. The van der Waals surface area contributed by atoms with Gasteiger partial charge in [-0.2, -0.15) is 0 Å². The third-order valence-electron chi connectivity index (χ3n) is 2.91. The lowest BCUT2D eigenvalue weighted by Crippen LogP contribution is -2.28. The van der Waals surface area contributed by atoms with Gasteiger partial charge in [0.05, 0.1) is 6.26 Å². The Morgan fingerprint density at radius 1 is 1.44 bits per heavy atom. The van der Waals surface area contributed by atoms with Gasteiger partial charge in [0.25, 0.3) is 0 Å². The Kier molecular flexibility index (Phi) is 4.26. The first kappa shape index (κ1) is 13.0. The highest BCUT2D eigenvalue weighted by molar-refractivity contribution is 5.42. The van der Waals surface area contributed by atoms with Crippen molar-refractivity contribution in [3.8, 4) is 0 Å². The largest absolute Gasteiger partial charge is 0.488 e. The molecule has 1 aliphatic carbocycles. The molecule has 2 aliphatic rings. The van der Waals surface area contributed by atoms with E-state index in [-0.39, 0.29) is 6.04 Å². The SMILES string of the molecule is CC(C)CC(N)COC1=C2OC=CC=C2CC=C1. The molecule has 1 heterocycles. The van der Waals surface area contributed by atoms with E-state index in [0.29, 0.717) is 12.5 Å². The molecule has 0 amide bonds. The number of fused-ring (bicyclic) bond motifs is 1. The monoisotopic (exact) mass is 247 g/mol. The molecule has 0 fully saturated rings. The maximum Gasteiger partial charge on any atom is 0.171 e. The van der Waals surface area contributed by atoms with Crippen molar-refractivity contribution in [3.05, 3.63) is 47.7 Å². The van der Waals surface area contributed by atoms with Crippen molar-refractivity contribution >= 4 is 0 Å². The molecule has 3 heteroatoms. The Balaban J connectivity index is 1.96. The number of allylic oxidation sites excluding steroid dienone is 5. The normalized spacial score (nSPS) is 19.4. The molecule has 1 unspecified atom stereocenters. The molecule has 0 aromatic heterocycles. The summed E-state index contributed by atoms with van der Waals surface area (Å²) in [6, 6.07) is 0.0694. The summed E-state index contributed by atoms with van der Waals surface area (Å²) < 4.78 is 11.3. The predicted molar refractivity (Wildman–Crippen MR) is 72.5 cm³/mol. The van der Waals surface area contributed by atoms with Crippen molar-refractivity contribution in [1.29, 1.82) is 0 Å². The number of rotatable bonds is 5. The van der Waals surface area contributed by atoms with Crippen LogP contribution in [0.15, 0.2) is 47.7 Å². The number of nitrogens with two attached hydrogens (primary N) is 1. The van der Waals surface area contributed by atoms with Crippen LogP contribution in [0.3, 0.4) is 0 Å². The van der Waals surface area contributed by atoms with Gasteiger partial charge in [-0.25, -0.2) is 0 Å². The van der Waals surface area contributed by atoms with E-state index in [9.17, 15) is 0 Å². The van der Waals surface area contributed by atoms with Gasteiger partial charge in [0.15, 0.2) is 11.5 Å². The van der Waals surface area contributed by atoms with Gasteiger partial charge < -0.3 is 15.2 Å². The van der Waals surface area contributed by atoms with Crippen LogP contribution >= 0.6 is 0 Å². The number of hydrogen-bond donors (Lipinski definition) is 1. The summed E-state index contributed by atoms with van der Waals surface area (Å²) in [6.07, 6.45) is 11.5. The van der Waals surface area contributed by atoms with Crippen LogP contribution in [-0.2, 0) is 9.47 Å². The van der Waals surface area contributed by atoms with Gasteiger partial charge in [-0.1, -0.05) is 26.0 Å². The molecule has 3 nitrogen and oxygen atoms in total. The fourth-order valence-electron chi connectivity index (χ4n) is 2.14. The molecule has 0 aromatic rings. The molecule has 0 bridgehead atoms. The van der Waals surface area contributed by atoms with Crippen LogP contribution in [-0.4, -0.2) is 12.6 Å². The molecule has 0 radical (unpaired) electrons. The van der Waals surface area contributed by atoms with E-state index >= 15 is 0 Å². The zero-order valence-electron chi connectivity index (χ0n) is 11.1. The topological polar surface area (TPSA) is 44.5 Å². The lowest BCUT2D eigenvalue weighted by atomic mass is 10.0. The highest BCUT2D eigenvalue weighted by atomic mass is 16.5. The molecule has 18 heavy (non-hydrogen) atoms. The average Bonchev–Trinajstić information content (AvgIpc) is 2.35. The third kappa shape index (κ3) is 3.26. The molecule has 0 saturated carbocycles. The van der Waals surface area contributed by atoms with Crippen LogP contribution in [0.1, 0.15) is 26.7 Å². The summed E-state index contributed by atoms with van der Waals surface area (Å²) in [5.74, 6) is 2.21. The van der Waals surface area contributed by atoms with Gasteiger partial charge in [0.1, 0.15) is 6.61 Å². The standard InChI is InChI=1S/C15H21NO2/c1-11(2)9-13(16)10-18-14-7-3-5-12-6-4-8-17-15(12)14/h3-4,6-8,11,13H,5,9-10,16H2,1-2H3. The zero-order chi connectivity index (χ0) is 13.0. The third-order valence-corrected chi connectivity index (χ3v) is 2.91. The maximum absolute atomic E-state index is 6.02. The molecule has 2 N–H and O–H groups in total. The van der Waals surface area contributed by atoms with Gasteiger partial charge in [-0.05, 0) is 30.9 Å². The van der Waals surface area contributed by atoms with E-state index in [1.165, 1.54) is 0 Å². The van der Waals surface area contributed by atoms with Crippen LogP contribution in [0.5, 0.6) is 0 Å². The second kappa shape index (κ2) is 5.91. The minimum Gasteiger partial charge on any atom is -0.488 e. The highest BCUT2D eigenvalue weighted by Crippen LogP contribution is 2.29. The zero-order valence-corrected chi connectivity index (χ0v) is 11.1. The Labute approximate surface area is 109 Å². The van der Waals surface area contributed by atoms with E-state index in [1.807, 2.05) is 12.2 Å². The fraction of sp³-hybridized carbons (Fsp3) is 0.467. The molecular weight excluding hydrogens is 226 g/mol. The van der Waals surface area contributed by atoms with E-state index in [2.05, 4.69) is 26.0 Å². The number of hydrogen-bond acceptors (Lipinski definition) is 3. The van der Waals surface area contributed by atoms with E-state index < -0.39 is 0 Å². The smallest absolute Gasteiger partial charge is 0.171 e. The van der Waals surface area contributed by atoms with E-state index in [4.69, 9.17) is 15.2 Å². The van der Waals surface area contributed by atoms with Crippen LogP contribution in [0.25, 0.3) is 0 Å². The Hall–Kier alpha value is -1.48. The van der Waals surface area contributed by atoms with Gasteiger partial charge in [-0.3, -0.25) is 0 Å². The second-order valence-corrected chi connectivity index (χ2v) is 5.14. The van der Waals surface area contributed by atoms with Crippen LogP contribution in [0, 0.1) is 5.92 Å². The van der Waals surface area contributed by atoms with Gasteiger partial charge in [0, 0.05) is 11.6 Å². The molecule has 0 spiro atoms. The van der Waals surface area contributed by atoms with Crippen molar-refractivity contribution in [3.63, 3.8) is 0 Å². The van der Waals surface area contributed by atoms with Crippen molar-refractivity contribution in [2.24, 2.45) is 11.7 Å². The summed E-state index contributed by atoms with van der Waals surface area (Å²) in [5.41, 5.74) is 7.18. The molecule has 1 atom stereocenters. The van der Waals surface area contributed by atoms with E-state index in [1.54, 1.807) is 6.26 Å². The average molecular weight is 247 g/mol. The van der Waals surface area contributed by atoms with Gasteiger partial charge in [0.2, 0.25) is 0 Å². The van der Waals surface area contributed by atoms with Crippen molar-refractivity contribution in [2.45, 2.75) is 32.7 Å². The van der Waals surface area contributed by atoms with Crippen LogP contribution in [0.2, 0.25) is 0 Å². The van der Waals surface area contributed by atoms with Crippen molar-refractivity contribution in [1.82, 2.24) is 0 Å². The summed E-state index contributed by atoms with van der Waals surface area (Å²) >= 11 is 0. The summed E-state index contributed by atoms with van der Waals surface area (Å²) in [6.45, 7) is 4.86. The van der Waals surface area contributed by atoms with Crippen LogP contribution in [0.4, 0.5) is 0 Å². The van der Waals surface area contributed by atoms with Gasteiger partial charge in [-0.15, -0.1) is 0 Å². The first-order chi connectivity index (χ1) is 8.66. The van der Waals surface area contributed by atoms with Gasteiger partial charge >= 0.3 is 0 Å². The maximum atomic E-state index is 6.02. The minimum atomic E-state index is 0.0694. The fourth-order valence-corrected chi connectivity index (χ4v) is 2.14. The lowest BCUT2D eigenvalue weighted by molar-refractivity contribution is 0.175. The van der Waals surface area contributed by atoms with Crippen LogP contribution < -0.4 is 5.73 Å². The molecule has 2 rings (SSSR count). The summed E-state index contributed by atoms with van der Waals surface area (Å²) in [4.78, 5) is 0. The highest BCUT2D eigenvalue weighted by Gasteiger charge is 2.18. The molecule has 0 aromatic carbocycles. The minimum absolute atomic E-state index is 0.0694. The molecule has 1 aliphatic heterocycles. The Morgan fingerprint density at radius 2 is 2.28 bits per heavy atom. The Bertz CT molecular complexity index is 416.